The number of carboxylic acids is 1. The van der Waals surface area contributed by atoms with Crippen LogP contribution in [0.1, 0.15) is 13.8 Å². The first-order valence-corrected chi connectivity index (χ1v) is 4.34. The van der Waals surface area contributed by atoms with Crippen molar-refractivity contribution in [3.05, 3.63) is 0 Å². The zero-order chi connectivity index (χ0) is 12.7. The lowest BCUT2D eigenvalue weighted by molar-refractivity contribution is -0.162. The molecule has 0 aliphatic heterocycles. The highest BCUT2D eigenvalue weighted by Gasteiger charge is 2.21. The maximum absolute atomic E-state index is 11.0. The van der Waals surface area contributed by atoms with Crippen molar-refractivity contribution in [2.45, 2.75) is 26.2 Å². The van der Waals surface area contributed by atoms with Crippen LogP contribution in [0.25, 0.3) is 0 Å². The summed E-state index contributed by atoms with van der Waals surface area (Å²) >= 11 is 0. The van der Waals surface area contributed by atoms with E-state index in [1.54, 1.807) is 0 Å². The number of carbonyl (C=O) groups is 3. The Morgan fingerprint density at radius 2 is 1.88 bits per heavy atom. The molecule has 0 radical (unpaired) electrons. The van der Waals surface area contributed by atoms with Crippen LogP contribution in [-0.4, -0.2) is 47.2 Å². The molecule has 0 fully saturated rings. The third kappa shape index (κ3) is 5.81. The molecule has 0 aliphatic rings. The van der Waals surface area contributed by atoms with E-state index in [2.05, 4.69) is 9.47 Å². The molecular formula is C8H13NO7. The van der Waals surface area contributed by atoms with E-state index in [1.807, 2.05) is 5.32 Å². The molecule has 0 heterocycles. The number of rotatable bonds is 5. The Labute approximate surface area is 91.1 Å². The van der Waals surface area contributed by atoms with Crippen LogP contribution in [0.2, 0.25) is 0 Å². The first-order chi connectivity index (χ1) is 7.36. The number of amides is 1. The van der Waals surface area contributed by atoms with Gasteiger partial charge in [0, 0.05) is 13.8 Å². The molecule has 0 aromatic rings. The summed E-state index contributed by atoms with van der Waals surface area (Å²) < 4.78 is 8.94. The molecule has 2 unspecified atom stereocenters. The molecule has 8 nitrogen and oxygen atoms in total. The average Bonchev–Trinajstić information content (AvgIpc) is 2.11. The summed E-state index contributed by atoms with van der Waals surface area (Å²) in [5.74, 6) is -2.04. The molecule has 2 atom stereocenters. The summed E-state index contributed by atoms with van der Waals surface area (Å²) in [6.07, 6.45) is -2.24. The van der Waals surface area contributed by atoms with Crippen molar-refractivity contribution in [1.82, 2.24) is 5.32 Å². The molecule has 0 saturated heterocycles. The van der Waals surface area contributed by atoms with Crippen LogP contribution in [0, 0.1) is 0 Å². The number of carbonyl (C=O) groups excluding carboxylic acids is 2. The Kier molecular flexibility index (Phi) is 5.86. The zero-order valence-corrected chi connectivity index (χ0v) is 8.80. The van der Waals surface area contributed by atoms with Crippen molar-refractivity contribution in [3.8, 4) is 0 Å². The van der Waals surface area contributed by atoms with Crippen LogP contribution in [0.15, 0.2) is 0 Å². The zero-order valence-electron chi connectivity index (χ0n) is 8.80. The summed E-state index contributed by atoms with van der Waals surface area (Å²) in [7, 11) is 0. The van der Waals surface area contributed by atoms with Crippen LogP contribution < -0.4 is 5.32 Å². The van der Waals surface area contributed by atoms with Gasteiger partial charge in [0.05, 0.1) is 6.61 Å². The molecule has 0 aromatic heterocycles. The van der Waals surface area contributed by atoms with Gasteiger partial charge in [0.25, 0.3) is 0 Å². The standard InChI is InChI=1S/C8H13NO7/c1-4(11)15-5(2)16-8(14)9-6(3-10)7(12)13/h5-6,10H,3H2,1-2H3,(H,9,14)(H,12,13). The van der Waals surface area contributed by atoms with Crippen LogP contribution in [0.5, 0.6) is 0 Å². The van der Waals surface area contributed by atoms with Gasteiger partial charge in [-0.3, -0.25) is 4.79 Å². The maximum Gasteiger partial charge on any atom is 0.411 e. The Hall–Kier alpha value is -1.83. The minimum Gasteiger partial charge on any atom is -0.480 e. The van der Waals surface area contributed by atoms with Crippen LogP contribution >= 0.6 is 0 Å². The summed E-state index contributed by atoms with van der Waals surface area (Å²) in [6, 6.07) is -1.46. The molecule has 0 saturated carbocycles. The van der Waals surface area contributed by atoms with Crippen molar-refractivity contribution < 1.29 is 34.1 Å². The molecule has 0 spiro atoms. The highest BCUT2D eigenvalue weighted by Crippen LogP contribution is 1.95. The average molecular weight is 235 g/mol. The van der Waals surface area contributed by atoms with Gasteiger partial charge < -0.3 is 25.0 Å². The van der Waals surface area contributed by atoms with Crippen molar-refractivity contribution in [2.24, 2.45) is 0 Å². The minimum atomic E-state index is -1.46. The van der Waals surface area contributed by atoms with E-state index in [1.165, 1.54) is 6.92 Å². The molecule has 16 heavy (non-hydrogen) atoms. The molecule has 92 valence electrons. The Balaban J connectivity index is 4.06. The van der Waals surface area contributed by atoms with Gasteiger partial charge in [0.15, 0.2) is 6.04 Å². The number of aliphatic carboxylic acids is 1. The normalized spacial score (nSPS) is 13.4. The Morgan fingerprint density at radius 1 is 1.31 bits per heavy atom. The predicted molar refractivity (Wildman–Crippen MR) is 49.4 cm³/mol. The number of aliphatic hydroxyl groups excluding tert-OH is 1. The van der Waals surface area contributed by atoms with Crippen molar-refractivity contribution in [3.63, 3.8) is 0 Å². The largest absolute Gasteiger partial charge is 0.480 e. The van der Waals surface area contributed by atoms with E-state index < -0.39 is 37.0 Å². The molecule has 8 heteroatoms. The number of hydrogen-bond donors (Lipinski definition) is 3. The molecule has 0 aromatic carbocycles. The fourth-order valence-corrected chi connectivity index (χ4v) is 0.770. The third-order valence-corrected chi connectivity index (χ3v) is 1.38. The number of aliphatic hydroxyl groups is 1. The van der Waals surface area contributed by atoms with E-state index in [0.717, 1.165) is 6.92 Å². The number of hydrogen-bond acceptors (Lipinski definition) is 6. The highest BCUT2D eigenvalue weighted by molar-refractivity contribution is 5.80. The lowest BCUT2D eigenvalue weighted by Crippen LogP contribution is -2.44. The number of ether oxygens (including phenoxy) is 2. The topological polar surface area (TPSA) is 122 Å². The summed E-state index contributed by atoms with van der Waals surface area (Å²) in [5.41, 5.74) is 0. The number of carboxylic acid groups (broad SMARTS) is 1. The van der Waals surface area contributed by atoms with Crippen LogP contribution in [0.3, 0.4) is 0 Å². The second kappa shape index (κ2) is 6.62. The lowest BCUT2D eigenvalue weighted by Gasteiger charge is -2.15. The minimum absolute atomic E-state index is 0.641. The van der Waals surface area contributed by atoms with Gasteiger partial charge >= 0.3 is 18.0 Å². The Morgan fingerprint density at radius 3 is 2.25 bits per heavy atom. The quantitative estimate of drug-likeness (QED) is 0.415. The Bertz CT molecular complexity index is 278. The second-order valence-corrected chi connectivity index (χ2v) is 2.80. The first kappa shape index (κ1) is 14.2. The predicted octanol–water partition coefficient (Wildman–Crippen LogP) is -0.933. The van der Waals surface area contributed by atoms with E-state index in [9.17, 15) is 14.4 Å². The number of nitrogens with one attached hydrogen (secondary N) is 1. The van der Waals surface area contributed by atoms with Gasteiger partial charge in [-0.25, -0.2) is 9.59 Å². The summed E-state index contributed by atoms with van der Waals surface area (Å²) in [6.45, 7) is 1.65. The van der Waals surface area contributed by atoms with E-state index in [0.29, 0.717) is 0 Å². The van der Waals surface area contributed by atoms with E-state index in [4.69, 9.17) is 10.2 Å². The third-order valence-electron chi connectivity index (χ3n) is 1.38. The molecule has 3 N–H and O–H groups in total. The molecule has 1 amide bonds. The van der Waals surface area contributed by atoms with Crippen molar-refractivity contribution >= 4 is 18.0 Å². The van der Waals surface area contributed by atoms with E-state index in [-0.39, 0.29) is 0 Å². The smallest absolute Gasteiger partial charge is 0.411 e. The fraction of sp³-hybridized carbons (Fsp3) is 0.625. The first-order valence-electron chi connectivity index (χ1n) is 4.34. The summed E-state index contributed by atoms with van der Waals surface area (Å²) in [4.78, 5) is 31.9. The maximum atomic E-state index is 11.0. The lowest BCUT2D eigenvalue weighted by atomic mass is 10.3. The number of alkyl carbamates (subject to hydrolysis) is 1. The summed E-state index contributed by atoms with van der Waals surface area (Å²) in [5, 5.41) is 18.9. The van der Waals surface area contributed by atoms with Gasteiger partial charge in [-0.15, -0.1) is 0 Å². The molecular weight excluding hydrogens is 222 g/mol. The molecule has 0 bridgehead atoms. The molecule has 0 aliphatic carbocycles. The monoisotopic (exact) mass is 235 g/mol. The van der Waals surface area contributed by atoms with Gasteiger partial charge in [-0.1, -0.05) is 0 Å². The van der Waals surface area contributed by atoms with Gasteiger partial charge in [0.1, 0.15) is 0 Å². The SMILES string of the molecule is CC(=O)OC(C)OC(=O)NC(CO)C(=O)O. The molecule has 0 rings (SSSR count). The second-order valence-electron chi connectivity index (χ2n) is 2.80. The van der Waals surface area contributed by atoms with Gasteiger partial charge in [0.2, 0.25) is 6.29 Å². The van der Waals surface area contributed by atoms with Crippen LogP contribution in [-0.2, 0) is 19.1 Å². The highest BCUT2D eigenvalue weighted by atomic mass is 16.7. The van der Waals surface area contributed by atoms with Gasteiger partial charge in [-0.2, -0.15) is 0 Å². The van der Waals surface area contributed by atoms with Crippen LogP contribution in [0.4, 0.5) is 4.79 Å². The van der Waals surface area contributed by atoms with Crippen molar-refractivity contribution in [1.29, 1.82) is 0 Å². The van der Waals surface area contributed by atoms with Gasteiger partial charge in [-0.05, 0) is 0 Å². The number of esters is 1. The van der Waals surface area contributed by atoms with Crippen molar-refractivity contribution in [2.75, 3.05) is 6.61 Å². The van der Waals surface area contributed by atoms with E-state index >= 15 is 0 Å². The fourth-order valence-electron chi connectivity index (χ4n) is 0.770.